The fourth-order valence-corrected chi connectivity index (χ4v) is 3.98. The summed E-state index contributed by atoms with van der Waals surface area (Å²) in [5, 5.41) is 0. The molecular formula is C26H40NO2+. The van der Waals surface area contributed by atoms with Gasteiger partial charge in [0.15, 0.2) is 6.23 Å². The van der Waals surface area contributed by atoms with Gasteiger partial charge in [0.1, 0.15) is 18.4 Å². The predicted molar refractivity (Wildman–Crippen MR) is 122 cm³/mol. The predicted octanol–water partition coefficient (Wildman–Crippen LogP) is 6.32. The third kappa shape index (κ3) is 5.61. The van der Waals surface area contributed by atoms with Gasteiger partial charge in [-0.1, -0.05) is 83.1 Å². The van der Waals surface area contributed by atoms with Crippen LogP contribution in [0.5, 0.6) is 5.75 Å². The van der Waals surface area contributed by atoms with E-state index in [0.717, 1.165) is 10.2 Å². The first-order valence-electron chi connectivity index (χ1n) is 10.7. The molecule has 0 radical (unpaired) electrons. The van der Waals surface area contributed by atoms with Gasteiger partial charge in [0, 0.05) is 17.9 Å². The lowest BCUT2D eigenvalue weighted by atomic mass is 9.62. The van der Waals surface area contributed by atoms with E-state index in [2.05, 4.69) is 86.0 Å². The van der Waals surface area contributed by atoms with E-state index < -0.39 is 0 Å². The largest absolute Gasteiger partial charge is 0.491 e. The van der Waals surface area contributed by atoms with Gasteiger partial charge in [-0.15, -0.1) is 0 Å². The second-order valence-corrected chi connectivity index (χ2v) is 10.0. The van der Waals surface area contributed by atoms with E-state index in [0.29, 0.717) is 13.2 Å². The Balaban J connectivity index is 2.15. The minimum absolute atomic E-state index is 0.0289. The van der Waals surface area contributed by atoms with Gasteiger partial charge in [-0.25, -0.2) is 0 Å². The zero-order valence-electron chi connectivity index (χ0n) is 19.6. The quantitative estimate of drug-likeness (QED) is 0.280. The first kappa shape index (κ1) is 23.4. The van der Waals surface area contributed by atoms with Crippen LogP contribution < -0.4 is 4.74 Å². The van der Waals surface area contributed by atoms with Crippen LogP contribution >= 0.6 is 0 Å². The van der Waals surface area contributed by atoms with Gasteiger partial charge in [0.25, 0.3) is 0 Å². The molecular weight excluding hydrogens is 358 g/mol. The van der Waals surface area contributed by atoms with Crippen LogP contribution in [0.3, 0.4) is 0 Å². The van der Waals surface area contributed by atoms with Gasteiger partial charge in [-0.3, -0.25) is 4.48 Å². The summed E-state index contributed by atoms with van der Waals surface area (Å²) < 4.78 is 12.8. The van der Waals surface area contributed by atoms with Crippen molar-refractivity contribution in [3.05, 3.63) is 66.2 Å². The number of rotatable bonds is 9. The maximum atomic E-state index is 6.29. The van der Waals surface area contributed by atoms with Crippen molar-refractivity contribution in [3.63, 3.8) is 0 Å². The second kappa shape index (κ2) is 9.32. The lowest BCUT2D eigenvalue weighted by molar-refractivity contribution is -0.971. The van der Waals surface area contributed by atoms with E-state index in [1.54, 1.807) is 0 Å². The fourth-order valence-electron chi connectivity index (χ4n) is 3.98. The molecule has 2 aromatic carbocycles. The summed E-state index contributed by atoms with van der Waals surface area (Å²) in [5.41, 5.74) is 1.54. The van der Waals surface area contributed by atoms with Gasteiger partial charge in [-0.05, 0) is 17.5 Å². The van der Waals surface area contributed by atoms with Gasteiger partial charge >= 0.3 is 0 Å². The van der Waals surface area contributed by atoms with Crippen LogP contribution in [0.1, 0.15) is 53.1 Å². The summed E-state index contributed by atoms with van der Waals surface area (Å²) in [5.74, 6) is 0.883. The van der Waals surface area contributed by atoms with Crippen molar-refractivity contribution >= 4 is 0 Å². The highest BCUT2D eigenvalue weighted by atomic mass is 16.5. The second-order valence-electron chi connectivity index (χ2n) is 10.0. The van der Waals surface area contributed by atoms with Crippen molar-refractivity contribution in [1.82, 2.24) is 0 Å². The molecule has 2 rings (SSSR count). The van der Waals surface area contributed by atoms with E-state index in [-0.39, 0.29) is 23.1 Å². The summed E-state index contributed by atoms with van der Waals surface area (Å²) in [7, 11) is 4.57. The number of quaternary nitrogens is 1. The zero-order valence-corrected chi connectivity index (χ0v) is 19.6. The van der Waals surface area contributed by atoms with Gasteiger partial charge in [-0.2, -0.15) is 0 Å². The Bertz CT molecular complexity index is 732. The van der Waals surface area contributed by atoms with Crippen molar-refractivity contribution in [1.29, 1.82) is 0 Å². The van der Waals surface area contributed by atoms with Crippen molar-refractivity contribution in [2.75, 3.05) is 27.3 Å². The normalized spacial score (nSPS) is 15.0. The van der Waals surface area contributed by atoms with Crippen molar-refractivity contribution in [2.45, 2.75) is 53.8 Å². The number of para-hydroxylation sites is 1. The van der Waals surface area contributed by atoms with Gasteiger partial charge in [0.2, 0.25) is 0 Å². The summed E-state index contributed by atoms with van der Waals surface area (Å²) in [6.45, 7) is 15.1. The SMILES string of the molecule is CC(OCCOc1ccccc1)[N+](C)(C)C(c1ccccc1)C(C)(C)C(C)(C)C. The minimum Gasteiger partial charge on any atom is -0.491 e. The van der Waals surface area contributed by atoms with Gasteiger partial charge < -0.3 is 9.47 Å². The first-order valence-corrected chi connectivity index (χ1v) is 10.7. The van der Waals surface area contributed by atoms with Crippen LogP contribution in [-0.2, 0) is 4.74 Å². The summed E-state index contributed by atoms with van der Waals surface area (Å²) in [6, 6.07) is 21.1. The van der Waals surface area contributed by atoms with Crippen LogP contribution in [0.15, 0.2) is 60.7 Å². The van der Waals surface area contributed by atoms with Crippen molar-refractivity contribution in [3.8, 4) is 5.75 Å². The molecule has 2 unspecified atom stereocenters. The monoisotopic (exact) mass is 398 g/mol. The number of benzene rings is 2. The highest BCUT2D eigenvalue weighted by molar-refractivity contribution is 5.21. The number of nitrogens with zero attached hydrogens (tertiary/aromatic N) is 1. The Kier molecular flexibility index (Phi) is 7.53. The molecule has 2 atom stereocenters. The molecule has 0 amide bonds. The van der Waals surface area contributed by atoms with E-state index in [1.165, 1.54) is 5.56 Å². The molecule has 0 spiro atoms. The topological polar surface area (TPSA) is 18.5 Å². The molecule has 160 valence electrons. The van der Waals surface area contributed by atoms with Gasteiger partial charge in [0.05, 0.1) is 20.7 Å². The molecule has 0 bridgehead atoms. The molecule has 0 N–H and O–H groups in total. The molecule has 2 aromatic rings. The number of hydrogen-bond acceptors (Lipinski definition) is 2. The van der Waals surface area contributed by atoms with E-state index in [1.807, 2.05) is 30.3 Å². The molecule has 3 heteroatoms. The van der Waals surface area contributed by atoms with Crippen LogP contribution in [0.2, 0.25) is 0 Å². The van der Waals surface area contributed by atoms with Crippen LogP contribution in [-0.4, -0.2) is 38.0 Å². The maximum absolute atomic E-state index is 6.29. The molecule has 0 aliphatic carbocycles. The average Bonchev–Trinajstić information content (AvgIpc) is 2.65. The fraction of sp³-hybridized carbons (Fsp3) is 0.538. The third-order valence-electron chi connectivity index (χ3n) is 6.79. The highest BCUT2D eigenvalue weighted by Crippen LogP contribution is 2.52. The lowest BCUT2D eigenvalue weighted by Crippen LogP contribution is -2.58. The number of hydrogen-bond donors (Lipinski definition) is 0. The highest BCUT2D eigenvalue weighted by Gasteiger charge is 2.51. The van der Waals surface area contributed by atoms with E-state index in [4.69, 9.17) is 9.47 Å². The van der Waals surface area contributed by atoms with E-state index >= 15 is 0 Å². The standard InChI is InChI=1S/C26H40NO2/c1-21(28-19-20-29-23-17-13-10-14-18-23)27(7,8)24(22-15-11-9-12-16-22)26(5,6)25(2,3)4/h9-18,21,24H,19-20H2,1-8H3/q+1. The molecule has 0 saturated heterocycles. The molecule has 0 aromatic heterocycles. The Morgan fingerprint density at radius 1 is 0.793 bits per heavy atom. The molecule has 0 fully saturated rings. The van der Waals surface area contributed by atoms with Crippen LogP contribution in [0.4, 0.5) is 0 Å². The third-order valence-corrected chi connectivity index (χ3v) is 6.79. The summed E-state index contributed by atoms with van der Waals surface area (Å²) in [4.78, 5) is 0. The van der Waals surface area contributed by atoms with Crippen LogP contribution in [0.25, 0.3) is 0 Å². The smallest absolute Gasteiger partial charge is 0.190 e. The number of ether oxygens (including phenoxy) is 2. The molecule has 3 nitrogen and oxygen atoms in total. The Hall–Kier alpha value is -1.84. The minimum atomic E-state index is 0.0289. The van der Waals surface area contributed by atoms with E-state index in [9.17, 15) is 0 Å². The Morgan fingerprint density at radius 3 is 1.83 bits per heavy atom. The first-order chi connectivity index (χ1) is 13.5. The lowest BCUT2D eigenvalue weighted by Gasteiger charge is -2.53. The zero-order chi connectivity index (χ0) is 21.7. The summed E-state index contributed by atoms with van der Waals surface area (Å²) >= 11 is 0. The molecule has 0 saturated carbocycles. The van der Waals surface area contributed by atoms with Crippen molar-refractivity contribution in [2.24, 2.45) is 10.8 Å². The molecule has 0 heterocycles. The molecule has 0 aliphatic rings. The molecule has 29 heavy (non-hydrogen) atoms. The van der Waals surface area contributed by atoms with Crippen molar-refractivity contribution < 1.29 is 14.0 Å². The Labute approximate surface area is 178 Å². The summed E-state index contributed by atoms with van der Waals surface area (Å²) in [6.07, 6.45) is 0.0289. The molecule has 0 aliphatic heterocycles. The Morgan fingerprint density at radius 2 is 1.31 bits per heavy atom. The van der Waals surface area contributed by atoms with Crippen LogP contribution in [0, 0.1) is 10.8 Å². The maximum Gasteiger partial charge on any atom is 0.190 e. The average molecular weight is 399 g/mol.